The van der Waals surface area contributed by atoms with Crippen LogP contribution in [0.15, 0.2) is 206 Å². The van der Waals surface area contributed by atoms with Gasteiger partial charge in [0, 0.05) is 33.3 Å². The molecule has 0 radical (unpaired) electrons. The van der Waals surface area contributed by atoms with E-state index in [4.69, 9.17) is 0 Å². The lowest BCUT2D eigenvalue weighted by molar-refractivity contribution is 1.13. The second-order valence-corrected chi connectivity index (χ2v) is 14.0. The van der Waals surface area contributed by atoms with Crippen LogP contribution in [-0.2, 0) is 0 Å². The van der Waals surface area contributed by atoms with E-state index in [-0.39, 0.29) is 0 Å². The van der Waals surface area contributed by atoms with Gasteiger partial charge in [0.25, 0.3) is 0 Å². The Kier molecular flexibility index (Phi) is 6.90. The summed E-state index contributed by atoms with van der Waals surface area (Å²) in [7, 11) is 0. The van der Waals surface area contributed by atoms with E-state index < -0.39 is 0 Å². The monoisotopic (exact) mass is 686 g/mol. The van der Waals surface area contributed by atoms with Crippen molar-refractivity contribution in [2.75, 3.05) is 0 Å². The summed E-state index contributed by atoms with van der Waals surface area (Å²) in [5, 5.41) is 10.1. The van der Waals surface area contributed by atoms with Crippen molar-refractivity contribution in [3.05, 3.63) is 206 Å². The molecule has 0 atom stereocenters. The van der Waals surface area contributed by atoms with Gasteiger partial charge in [0.2, 0.25) is 0 Å². The molecule has 0 saturated heterocycles. The first-order chi connectivity index (χ1) is 26.8. The Morgan fingerprint density at radius 2 is 0.593 bits per heavy atom. The minimum Gasteiger partial charge on any atom is -0.309 e. The van der Waals surface area contributed by atoms with Crippen LogP contribution >= 0.6 is 0 Å². The van der Waals surface area contributed by atoms with E-state index in [1.807, 2.05) is 0 Å². The van der Waals surface area contributed by atoms with Crippen molar-refractivity contribution in [1.82, 2.24) is 9.13 Å². The zero-order valence-corrected chi connectivity index (χ0v) is 29.5. The fourth-order valence-electron chi connectivity index (χ4n) is 8.87. The number of hydrogen-bond donors (Lipinski definition) is 0. The molecule has 0 aliphatic carbocycles. The van der Waals surface area contributed by atoms with Crippen molar-refractivity contribution in [2.24, 2.45) is 0 Å². The van der Waals surface area contributed by atoms with Gasteiger partial charge in [-0.15, -0.1) is 0 Å². The van der Waals surface area contributed by atoms with Crippen LogP contribution in [0, 0.1) is 0 Å². The molecule has 0 aliphatic rings. The van der Waals surface area contributed by atoms with E-state index in [1.54, 1.807) is 0 Å². The van der Waals surface area contributed by atoms with Crippen LogP contribution in [0.5, 0.6) is 0 Å². The van der Waals surface area contributed by atoms with E-state index >= 15 is 0 Å². The van der Waals surface area contributed by atoms with Crippen LogP contribution in [-0.4, -0.2) is 9.13 Å². The molecule has 11 rings (SSSR count). The van der Waals surface area contributed by atoms with Gasteiger partial charge < -0.3 is 9.13 Å². The molecular formula is C52H34N2. The van der Waals surface area contributed by atoms with E-state index in [9.17, 15) is 0 Å². The van der Waals surface area contributed by atoms with Gasteiger partial charge >= 0.3 is 0 Å². The SMILES string of the molecule is c1ccc(-c2c(-c3c(-c4ccccc4)n(-c4ccc5c6ccccc6c6ccccc6c5c4)c4ccccc34)c3ccccc3n2-c2ccccc2)cc1. The molecule has 2 heterocycles. The summed E-state index contributed by atoms with van der Waals surface area (Å²) in [5.74, 6) is 0. The largest absolute Gasteiger partial charge is 0.309 e. The van der Waals surface area contributed by atoms with Crippen LogP contribution in [0.4, 0.5) is 0 Å². The molecule has 9 aromatic carbocycles. The molecule has 2 heteroatoms. The molecule has 2 nitrogen and oxygen atoms in total. The lowest BCUT2D eigenvalue weighted by atomic mass is 9.93. The van der Waals surface area contributed by atoms with E-state index in [1.165, 1.54) is 87.8 Å². The van der Waals surface area contributed by atoms with Gasteiger partial charge in [0.1, 0.15) is 0 Å². The van der Waals surface area contributed by atoms with Crippen LogP contribution in [0.25, 0.3) is 99.1 Å². The van der Waals surface area contributed by atoms with Crippen LogP contribution < -0.4 is 0 Å². The zero-order valence-electron chi connectivity index (χ0n) is 29.5. The highest BCUT2D eigenvalue weighted by molar-refractivity contribution is 6.26. The lowest BCUT2D eigenvalue weighted by Crippen LogP contribution is -1.99. The Hall–Kier alpha value is -7.16. The minimum atomic E-state index is 1.14. The molecule has 0 aliphatic heterocycles. The topological polar surface area (TPSA) is 9.86 Å². The molecule has 2 aromatic heterocycles. The maximum Gasteiger partial charge on any atom is 0.0620 e. The summed E-state index contributed by atoms with van der Waals surface area (Å²) >= 11 is 0. The number of nitrogens with zero attached hydrogens (tertiary/aromatic N) is 2. The molecule has 54 heavy (non-hydrogen) atoms. The maximum atomic E-state index is 2.51. The van der Waals surface area contributed by atoms with E-state index in [2.05, 4.69) is 215 Å². The van der Waals surface area contributed by atoms with Crippen molar-refractivity contribution in [1.29, 1.82) is 0 Å². The Bertz CT molecular complexity index is 3150. The van der Waals surface area contributed by atoms with Crippen molar-refractivity contribution >= 4 is 54.1 Å². The first-order valence-electron chi connectivity index (χ1n) is 18.6. The third-order valence-corrected chi connectivity index (χ3v) is 11.1. The molecule has 0 amide bonds. The van der Waals surface area contributed by atoms with Gasteiger partial charge in [-0.1, -0.05) is 170 Å². The van der Waals surface area contributed by atoms with Gasteiger partial charge in [-0.25, -0.2) is 0 Å². The fourth-order valence-corrected chi connectivity index (χ4v) is 8.87. The van der Waals surface area contributed by atoms with Crippen LogP contribution in [0.2, 0.25) is 0 Å². The molecule has 0 bridgehead atoms. The number of fused-ring (bicyclic) bond motifs is 8. The molecule has 0 N–H and O–H groups in total. The third-order valence-electron chi connectivity index (χ3n) is 11.1. The molecule has 252 valence electrons. The zero-order chi connectivity index (χ0) is 35.6. The number of para-hydroxylation sites is 3. The summed E-state index contributed by atoms with van der Waals surface area (Å²) in [4.78, 5) is 0. The van der Waals surface area contributed by atoms with Gasteiger partial charge in [0.05, 0.1) is 22.4 Å². The lowest BCUT2D eigenvalue weighted by Gasteiger charge is -2.17. The Morgan fingerprint density at radius 3 is 1.07 bits per heavy atom. The average molecular weight is 687 g/mol. The van der Waals surface area contributed by atoms with Gasteiger partial charge in [-0.05, 0) is 79.8 Å². The van der Waals surface area contributed by atoms with Crippen molar-refractivity contribution in [3.8, 4) is 45.0 Å². The molecule has 0 spiro atoms. The Balaban J connectivity index is 1.32. The standard InChI is InChI=1S/C52H34N2/c1-4-18-35(19-5-1)51-49(44-28-14-16-30-47(44)53(51)37-22-8-3-9-23-37)50-45-29-15-17-31-48(45)54(52(50)36-20-6-2-7-21-36)38-32-33-43-41-26-11-10-24-39(41)40-25-12-13-27-42(40)46(43)34-38/h1-34H. The predicted molar refractivity (Wildman–Crippen MR) is 229 cm³/mol. The van der Waals surface area contributed by atoms with Crippen LogP contribution in [0.1, 0.15) is 0 Å². The molecule has 0 fully saturated rings. The van der Waals surface area contributed by atoms with Gasteiger partial charge in [0.15, 0.2) is 0 Å². The first-order valence-corrected chi connectivity index (χ1v) is 18.6. The van der Waals surface area contributed by atoms with Crippen molar-refractivity contribution in [2.45, 2.75) is 0 Å². The quantitative estimate of drug-likeness (QED) is 0.160. The molecular weight excluding hydrogens is 653 g/mol. The molecule has 0 unspecified atom stereocenters. The normalized spacial score (nSPS) is 11.7. The highest BCUT2D eigenvalue weighted by Gasteiger charge is 2.28. The minimum absolute atomic E-state index is 1.14. The second-order valence-electron chi connectivity index (χ2n) is 14.0. The van der Waals surface area contributed by atoms with E-state index in [0.717, 1.165) is 11.4 Å². The fraction of sp³-hybridized carbons (Fsp3) is 0. The average Bonchev–Trinajstić information content (AvgIpc) is 3.78. The molecule has 0 saturated carbocycles. The summed E-state index contributed by atoms with van der Waals surface area (Å²) < 4.78 is 4.96. The van der Waals surface area contributed by atoms with Gasteiger partial charge in [-0.2, -0.15) is 0 Å². The number of benzene rings is 9. The number of rotatable bonds is 5. The maximum absolute atomic E-state index is 2.51. The Morgan fingerprint density at radius 1 is 0.241 bits per heavy atom. The smallest absolute Gasteiger partial charge is 0.0620 e. The highest BCUT2D eigenvalue weighted by Crippen LogP contribution is 2.51. The third kappa shape index (κ3) is 4.54. The van der Waals surface area contributed by atoms with Crippen LogP contribution in [0.3, 0.4) is 0 Å². The summed E-state index contributed by atoms with van der Waals surface area (Å²) in [6.45, 7) is 0. The van der Waals surface area contributed by atoms with E-state index in [0.29, 0.717) is 0 Å². The second kappa shape index (κ2) is 12.2. The number of aromatic nitrogens is 2. The first kappa shape index (κ1) is 30.5. The van der Waals surface area contributed by atoms with Crippen molar-refractivity contribution in [3.63, 3.8) is 0 Å². The van der Waals surface area contributed by atoms with Gasteiger partial charge in [-0.3, -0.25) is 0 Å². The number of hydrogen-bond acceptors (Lipinski definition) is 0. The summed E-state index contributed by atoms with van der Waals surface area (Å²) in [6.07, 6.45) is 0. The summed E-state index contributed by atoms with van der Waals surface area (Å²) in [5.41, 5.74) is 11.8. The van der Waals surface area contributed by atoms with Crippen molar-refractivity contribution < 1.29 is 0 Å². The highest BCUT2D eigenvalue weighted by atomic mass is 15.0. The Labute approximate surface area is 313 Å². The predicted octanol–water partition coefficient (Wildman–Crippen LogP) is 14.0. The molecule has 11 aromatic rings. The summed E-state index contributed by atoms with van der Waals surface area (Å²) in [6, 6.07) is 75.2.